The van der Waals surface area contributed by atoms with Crippen molar-refractivity contribution < 1.29 is 14.3 Å². The molecule has 0 aliphatic rings. The molecule has 112 valence electrons. The fourth-order valence-electron chi connectivity index (χ4n) is 1.89. The van der Waals surface area contributed by atoms with Gasteiger partial charge < -0.3 is 10.1 Å². The second-order valence-electron chi connectivity index (χ2n) is 4.49. The number of ether oxygens (including phenoxy) is 1. The van der Waals surface area contributed by atoms with Crippen LogP contribution in [0.25, 0.3) is 0 Å². The topological polar surface area (TPSA) is 73.2 Å². The number of carbonyl (C=O) groups is 2. The molecule has 2 aromatic rings. The maximum Gasteiger partial charge on any atom is 0.341 e. The summed E-state index contributed by atoms with van der Waals surface area (Å²) in [5.74, 6) is -0.792. The van der Waals surface area contributed by atoms with Crippen molar-refractivity contribution in [2.45, 2.75) is 27.3 Å². The van der Waals surface area contributed by atoms with Crippen molar-refractivity contribution in [1.82, 2.24) is 9.78 Å². The van der Waals surface area contributed by atoms with Gasteiger partial charge in [0, 0.05) is 17.6 Å². The molecule has 0 atom stereocenters. The number of rotatable bonds is 4. The third kappa shape index (κ3) is 2.97. The van der Waals surface area contributed by atoms with Gasteiger partial charge in [-0.25, -0.2) is 4.79 Å². The molecule has 0 unspecified atom stereocenters. The van der Waals surface area contributed by atoms with E-state index in [4.69, 9.17) is 4.74 Å². The van der Waals surface area contributed by atoms with E-state index in [1.54, 1.807) is 16.9 Å². The van der Waals surface area contributed by atoms with Crippen molar-refractivity contribution >= 4 is 28.2 Å². The number of hydrogen-bond acceptors (Lipinski definition) is 5. The molecule has 0 aliphatic heterocycles. The monoisotopic (exact) mass is 307 g/mol. The predicted octanol–water partition coefficient (Wildman–Crippen LogP) is 2.62. The van der Waals surface area contributed by atoms with Crippen LogP contribution in [0, 0.1) is 13.8 Å². The Bertz CT molecular complexity index is 688. The fraction of sp³-hybridized carbons (Fsp3) is 0.357. The zero-order valence-corrected chi connectivity index (χ0v) is 13.2. The second-order valence-corrected chi connectivity index (χ2v) is 5.71. The van der Waals surface area contributed by atoms with Gasteiger partial charge in [0.15, 0.2) is 5.69 Å². The van der Waals surface area contributed by atoms with Gasteiger partial charge in [0.1, 0.15) is 5.00 Å². The quantitative estimate of drug-likeness (QED) is 0.881. The van der Waals surface area contributed by atoms with Gasteiger partial charge >= 0.3 is 5.97 Å². The molecule has 2 rings (SSSR count). The Morgan fingerprint density at radius 3 is 2.71 bits per heavy atom. The van der Waals surface area contributed by atoms with Crippen molar-refractivity contribution in [3.8, 4) is 0 Å². The molecule has 1 N–H and O–H groups in total. The number of hydrogen-bond donors (Lipinski definition) is 1. The van der Waals surface area contributed by atoms with Crippen molar-refractivity contribution in [3.05, 3.63) is 34.0 Å². The molecule has 0 bridgehead atoms. The van der Waals surface area contributed by atoms with Crippen LogP contribution >= 0.6 is 11.3 Å². The first-order valence-corrected chi connectivity index (χ1v) is 7.32. The molecule has 6 nitrogen and oxygen atoms in total. The summed E-state index contributed by atoms with van der Waals surface area (Å²) in [4.78, 5) is 25.0. The number of esters is 1. The minimum Gasteiger partial charge on any atom is -0.465 e. The molecule has 1 amide bonds. The number of thiophene rings is 1. The van der Waals surface area contributed by atoms with E-state index in [-0.39, 0.29) is 5.91 Å². The Morgan fingerprint density at radius 2 is 2.14 bits per heavy atom. The Morgan fingerprint density at radius 1 is 1.43 bits per heavy atom. The standard InChI is InChI=1S/C14H17N3O3S/c1-5-17-7-6-10(16-17)12(18)15-13-11(14(19)20-4)8(2)9(3)21-13/h6-7H,5H2,1-4H3,(H,15,18). The van der Waals surface area contributed by atoms with Crippen LogP contribution in [0.2, 0.25) is 0 Å². The van der Waals surface area contributed by atoms with E-state index >= 15 is 0 Å². The summed E-state index contributed by atoms with van der Waals surface area (Å²) in [5, 5.41) is 7.38. The summed E-state index contributed by atoms with van der Waals surface area (Å²) in [6.45, 7) is 6.36. The van der Waals surface area contributed by atoms with Gasteiger partial charge in [-0.05, 0) is 32.4 Å². The lowest BCUT2D eigenvalue weighted by Crippen LogP contribution is -2.15. The molecule has 7 heteroatoms. The largest absolute Gasteiger partial charge is 0.465 e. The first-order valence-electron chi connectivity index (χ1n) is 6.51. The lowest BCUT2D eigenvalue weighted by molar-refractivity contribution is 0.0601. The van der Waals surface area contributed by atoms with Gasteiger partial charge in [0.25, 0.3) is 5.91 Å². The van der Waals surface area contributed by atoms with E-state index in [0.717, 1.165) is 10.4 Å². The highest BCUT2D eigenvalue weighted by molar-refractivity contribution is 7.16. The molecular weight excluding hydrogens is 290 g/mol. The number of aromatic nitrogens is 2. The molecule has 2 aromatic heterocycles. The number of aryl methyl sites for hydroxylation is 2. The summed E-state index contributed by atoms with van der Waals surface area (Å²) in [7, 11) is 1.32. The Balaban J connectivity index is 2.29. The molecule has 0 fully saturated rings. The van der Waals surface area contributed by atoms with E-state index in [2.05, 4.69) is 10.4 Å². The van der Waals surface area contributed by atoms with Gasteiger partial charge in [-0.2, -0.15) is 5.10 Å². The molecule has 0 aromatic carbocycles. The highest BCUT2D eigenvalue weighted by atomic mass is 32.1. The fourth-order valence-corrected chi connectivity index (χ4v) is 2.93. The molecule has 0 radical (unpaired) electrons. The van der Waals surface area contributed by atoms with Crippen LogP contribution in [-0.4, -0.2) is 28.8 Å². The summed E-state index contributed by atoms with van der Waals surface area (Å²) >= 11 is 1.35. The molecule has 0 aliphatic carbocycles. The zero-order chi connectivity index (χ0) is 15.6. The van der Waals surface area contributed by atoms with Crippen LogP contribution in [0.3, 0.4) is 0 Å². The minimum absolute atomic E-state index is 0.316. The lowest BCUT2D eigenvalue weighted by atomic mass is 10.1. The predicted molar refractivity (Wildman–Crippen MR) is 81.0 cm³/mol. The normalized spacial score (nSPS) is 10.5. The van der Waals surface area contributed by atoms with Gasteiger partial charge in [-0.3, -0.25) is 9.48 Å². The van der Waals surface area contributed by atoms with E-state index in [1.165, 1.54) is 18.4 Å². The van der Waals surface area contributed by atoms with Crippen molar-refractivity contribution in [2.75, 3.05) is 12.4 Å². The molecule has 2 heterocycles. The molecule has 0 saturated carbocycles. The first kappa shape index (κ1) is 15.2. The van der Waals surface area contributed by atoms with Crippen LogP contribution in [-0.2, 0) is 11.3 Å². The lowest BCUT2D eigenvalue weighted by Gasteiger charge is -2.04. The number of nitrogens with one attached hydrogen (secondary N) is 1. The van der Waals surface area contributed by atoms with Crippen molar-refractivity contribution in [1.29, 1.82) is 0 Å². The van der Waals surface area contributed by atoms with Crippen molar-refractivity contribution in [3.63, 3.8) is 0 Å². The Hall–Kier alpha value is -2.15. The number of amides is 1. The van der Waals surface area contributed by atoms with E-state index in [1.807, 2.05) is 20.8 Å². The summed E-state index contributed by atoms with van der Waals surface area (Å²) in [5.41, 5.74) is 1.54. The maximum atomic E-state index is 12.2. The van der Waals surface area contributed by atoms with Gasteiger partial charge in [0.2, 0.25) is 0 Å². The number of carbonyl (C=O) groups excluding carboxylic acids is 2. The first-order chi connectivity index (χ1) is 9.97. The van der Waals surface area contributed by atoms with Crippen LogP contribution in [0.1, 0.15) is 38.2 Å². The third-order valence-electron chi connectivity index (χ3n) is 3.20. The highest BCUT2D eigenvalue weighted by Gasteiger charge is 2.22. The molecule has 0 saturated heterocycles. The average Bonchev–Trinajstić information content (AvgIpc) is 3.04. The number of methoxy groups -OCH3 is 1. The van der Waals surface area contributed by atoms with Crippen LogP contribution < -0.4 is 5.32 Å². The van der Waals surface area contributed by atoms with E-state index < -0.39 is 5.97 Å². The third-order valence-corrected chi connectivity index (χ3v) is 4.32. The Labute approximate surface area is 126 Å². The molecule has 0 spiro atoms. The summed E-state index contributed by atoms with van der Waals surface area (Å²) in [6.07, 6.45) is 1.74. The molecular formula is C14H17N3O3S. The number of anilines is 1. The summed E-state index contributed by atoms with van der Waals surface area (Å²) < 4.78 is 6.44. The van der Waals surface area contributed by atoms with Gasteiger partial charge in [0.05, 0.1) is 12.7 Å². The SMILES string of the molecule is CCn1ccc(C(=O)Nc2sc(C)c(C)c2C(=O)OC)n1. The van der Waals surface area contributed by atoms with E-state index in [9.17, 15) is 9.59 Å². The minimum atomic E-state index is -0.453. The van der Waals surface area contributed by atoms with Crippen molar-refractivity contribution in [2.24, 2.45) is 0 Å². The van der Waals surface area contributed by atoms with E-state index in [0.29, 0.717) is 22.8 Å². The molecule has 21 heavy (non-hydrogen) atoms. The van der Waals surface area contributed by atoms with Gasteiger partial charge in [-0.15, -0.1) is 11.3 Å². The van der Waals surface area contributed by atoms with Crippen LogP contribution in [0.4, 0.5) is 5.00 Å². The average molecular weight is 307 g/mol. The Kier molecular flexibility index (Phi) is 4.42. The maximum absolute atomic E-state index is 12.2. The zero-order valence-electron chi connectivity index (χ0n) is 12.4. The second kappa shape index (κ2) is 6.09. The van der Waals surface area contributed by atoms with Crippen LogP contribution in [0.15, 0.2) is 12.3 Å². The van der Waals surface area contributed by atoms with Gasteiger partial charge in [-0.1, -0.05) is 0 Å². The highest BCUT2D eigenvalue weighted by Crippen LogP contribution is 2.33. The number of nitrogens with zero attached hydrogens (tertiary/aromatic N) is 2. The smallest absolute Gasteiger partial charge is 0.341 e. The van der Waals surface area contributed by atoms with Crippen LogP contribution in [0.5, 0.6) is 0 Å². The summed E-state index contributed by atoms with van der Waals surface area (Å²) in [6, 6.07) is 1.64.